The fraction of sp³-hybridized carbons (Fsp3) is 0.400. The molecule has 1 unspecified atom stereocenters. The fourth-order valence-corrected chi connectivity index (χ4v) is 2.70. The number of carbonyl (C=O) groups excluding carboxylic acids is 1. The van der Waals surface area contributed by atoms with Crippen LogP contribution >= 0.6 is 0 Å². The molecule has 0 saturated heterocycles. The molecule has 8 heteroatoms. The smallest absolute Gasteiger partial charge is 0.334 e. The predicted octanol–water partition coefficient (Wildman–Crippen LogP) is 0.169. The minimum atomic E-state index is -4.94. The maximum absolute atomic E-state index is 11.5. The summed E-state index contributed by atoms with van der Waals surface area (Å²) in [5.41, 5.74) is -0.852. The first kappa shape index (κ1) is 16.3. The Morgan fingerprint density at radius 2 is 1.83 bits per heavy atom. The largest absolute Gasteiger partial charge is 0.478 e. The van der Waals surface area contributed by atoms with Crippen molar-refractivity contribution in [3.8, 4) is 0 Å². The van der Waals surface area contributed by atoms with Crippen LogP contribution in [-0.4, -0.2) is 34.8 Å². The van der Waals surface area contributed by atoms with Gasteiger partial charge in [0.25, 0.3) is 10.1 Å². The minimum Gasteiger partial charge on any atom is -0.478 e. The molecule has 0 aromatic heterocycles. The van der Waals surface area contributed by atoms with Crippen LogP contribution in [0.25, 0.3) is 0 Å². The van der Waals surface area contributed by atoms with E-state index in [1.165, 1.54) is 13.8 Å². The van der Waals surface area contributed by atoms with Gasteiger partial charge in [0.15, 0.2) is 0 Å². The lowest BCUT2D eigenvalue weighted by atomic mass is 9.95. The molecule has 0 rings (SSSR count). The first-order valence-electron chi connectivity index (χ1n) is 4.85. The fourth-order valence-electron chi connectivity index (χ4n) is 1.48. The van der Waals surface area contributed by atoms with Crippen molar-refractivity contribution in [3.05, 3.63) is 24.8 Å². The highest BCUT2D eigenvalue weighted by atomic mass is 32.2. The van der Waals surface area contributed by atoms with Crippen molar-refractivity contribution in [2.45, 2.75) is 18.7 Å². The van der Waals surface area contributed by atoms with Gasteiger partial charge in [0, 0.05) is 0 Å². The molecule has 0 aromatic rings. The molecule has 18 heavy (non-hydrogen) atoms. The zero-order valence-electron chi connectivity index (χ0n) is 10.0. The normalized spacial score (nSPS) is 14.7. The maximum Gasteiger partial charge on any atom is 0.334 e. The second kappa shape index (κ2) is 5.32. The third-order valence-corrected chi connectivity index (χ3v) is 4.05. The summed E-state index contributed by atoms with van der Waals surface area (Å²) >= 11 is 0. The second-order valence-corrected chi connectivity index (χ2v) is 5.44. The van der Waals surface area contributed by atoms with Crippen LogP contribution in [0.2, 0.25) is 0 Å². The van der Waals surface area contributed by atoms with Gasteiger partial charge in [-0.3, -0.25) is 9.35 Å². The minimum absolute atomic E-state index is 0.761. The van der Waals surface area contributed by atoms with Crippen LogP contribution in [0.15, 0.2) is 24.8 Å². The van der Waals surface area contributed by atoms with Gasteiger partial charge in [0.05, 0.1) is 5.57 Å². The first-order chi connectivity index (χ1) is 8.00. The van der Waals surface area contributed by atoms with Gasteiger partial charge in [0.2, 0.25) is 10.8 Å². The molecule has 1 atom stereocenters. The van der Waals surface area contributed by atoms with Crippen LogP contribution in [0.5, 0.6) is 0 Å². The molecule has 102 valence electrons. The lowest BCUT2D eigenvalue weighted by Gasteiger charge is -2.34. The third-order valence-electron chi connectivity index (χ3n) is 2.42. The summed E-state index contributed by atoms with van der Waals surface area (Å²) < 4.78 is 32.2. The zero-order chi connectivity index (χ0) is 14.7. The standard InChI is InChI=1S/C10H15NO6S/c1-5-8(12)11-10(6(2)3,18(15,16)17)7(4)9(13)14/h5-6H,1,4H2,2-3H3,(H,11,12)(H,13,14)(H,15,16,17). The lowest BCUT2D eigenvalue weighted by Crippen LogP contribution is -2.59. The summed E-state index contributed by atoms with van der Waals surface area (Å²) in [5.74, 6) is -3.55. The molecule has 7 nitrogen and oxygen atoms in total. The van der Waals surface area contributed by atoms with Crippen LogP contribution < -0.4 is 5.32 Å². The molecule has 3 N–H and O–H groups in total. The van der Waals surface area contributed by atoms with Crippen molar-refractivity contribution in [3.63, 3.8) is 0 Å². The van der Waals surface area contributed by atoms with E-state index in [1.54, 1.807) is 0 Å². The molecule has 0 aliphatic rings. The van der Waals surface area contributed by atoms with E-state index < -0.39 is 38.4 Å². The number of rotatable bonds is 6. The summed E-state index contributed by atoms with van der Waals surface area (Å²) in [6.07, 6.45) is 0.761. The number of amides is 1. The van der Waals surface area contributed by atoms with Gasteiger partial charge >= 0.3 is 5.97 Å². The monoisotopic (exact) mass is 277 g/mol. The van der Waals surface area contributed by atoms with E-state index >= 15 is 0 Å². The SMILES string of the molecule is C=CC(=O)NC(C(=C)C(=O)O)(C(C)C)S(=O)(=O)O. The van der Waals surface area contributed by atoms with E-state index in [1.807, 2.05) is 5.32 Å². The molecule has 0 aliphatic heterocycles. The van der Waals surface area contributed by atoms with Crippen LogP contribution in [-0.2, 0) is 19.7 Å². The highest BCUT2D eigenvalue weighted by molar-refractivity contribution is 7.87. The number of carbonyl (C=O) groups is 2. The van der Waals surface area contributed by atoms with Crippen molar-refractivity contribution in [2.75, 3.05) is 0 Å². The molecule has 0 aliphatic carbocycles. The summed E-state index contributed by atoms with van der Waals surface area (Å²) in [6.45, 7) is 8.89. The van der Waals surface area contributed by atoms with E-state index in [2.05, 4.69) is 13.2 Å². The summed E-state index contributed by atoms with van der Waals surface area (Å²) in [5, 5.41) is 10.8. The summed E-state index contributed by atoms with van der Waals surface area (Å²) in [7, 11) is -4.94. The zero-order valence-corrected chi connectivity index (χ0v) is 10.8. The van der Waals surface area contributed by atoms with E-state index in [0.29, 0.717) is 0 Å². The molecule has 0 heterocycles. The van der Waals surface area contributed by atoms with Gasteiger partial charge in [0.1, 0.15) is 0 Å². The van der Waals surface area contributed by atoms with Crippen LogP contribution in [0.3, 0.4) is 0 Å². The molecular weight excluding hydrogens is 262 g/mol. The predicted molar refractivity (Wildman–Crippen MR) is 64.2 cm³/mol. The van der Waals surface area contributed by atoms with Crippen molar-refractivity contribution in [2.24, 2.45) is 5.92 Å². The molecule has 0 radical (unpaired) electrons. The Hall–Kier alpha value is -1.67. The highest BCUT2D eigenvalue weighted by Gasteiger charge is 2.52. The Morgan fingerprint density at radius 1 is 1.39 bits per heavy atom. The molecule has 0 spiro atoms. The number of hydrogen-bond acceptors (Lipinski definition) is 4. The van der Waals surface area contributed by atoms with Gasteiger partial charge in [-0.15, -0.1) is 0 Å². The van der Waals surface area contributed by atoms with Gasteiger partial charge in [-0.05, 0) is 12.0 Å². The van der Waals surface area contributed by atoms with Crippen LogP contribution in [0.4, 0.5) is 0 Å². The van der Waals surface area contributed by atoms with Crippen LogP contribution in [0, 0.1) is 5.92 Å². The van der Waals surface area contributed by atoms with Crippen LogP contribution in [0.1, 0.15) is 13.8 Å². The van der Waals surface area contributed by atoms with E-state index in [-0.39, 0.29) is 0 Å². The summed E-state index contributed by atoms with van der Waals surface area (Å²) in [6, 6.07) is 0. The Bertz CT molecular complexity index is 492. The van der Waals surface area contributed by atoms with Crippen molar-refractivity contribution < 1.29 is 27.7 Å². The van der Waals surface area contributed by atoms with Crippen molar-refractivity contribution >= 4 is 22.0 Å². The summed E-state index contributed by atoms with van der Waals surface area (Å²) in [4.78, 5) is 19.7. The Morgan fingerprint density at radius 3 is 2.06 bits per heavy atom. The second-order valence-electron chi connectivity index (χ2n) is 3.84. The Labute approximate surface area is 105 Å². The van der Waals surface area contributed by atoms with E-state index in [0.717, 1.165) is 6.08 Å². The number of nitrogens with one attached hydrogen (secondary N) is 1. The molecule has 0 bridgehead atoms. The van der Waals surface area contributed by atoms with Gasteiger partial charge in [-0.2, -0.15) is 8.42 Å². The van der Waals surface area contributed by atoms with Gasteiger partial charge < -0.3 is 10.4 Å². The number of hydrogen-bond donors (Lipinski definition) is 3. The topological polar surface area (TPSA) is 121 Å². The molecule has 1 amide bonds. The van der Waals surface area contributed by atoms with E-state index in [4.69, 9.17) is 5.11 Å². The quantitative estimate of drug-likeness (QED) is 0.470. The third kappa shape index (κ3) is 2.77. The molecule has 0 aromatic carbocycles. The lowest BCUT2D eigenvalue weighted by molar-refractivity contribution is -0.133. The maximum atomic E-state index is 11.5. The number of carboxylic acid groups (broad SMARTS) is 1. The van der Waals surface area contributed by atoms with Crippen molar-refractivity contribution in [1.82, 2.24) is 5.32 Å². The Kier molecular flexibility index (Phi) is 4.82. The Balaban J connectivity index is 6.08. The van der Waals surface area contributed by atoms with Crippen molar-refractivity contribution in [1.29, 1.82) is 0 Å². The highest BCUT2D eigenvalue weighted by Crippen LogP contribution is 2.30. The van der Waals surface area contributed by atoms with E-state index in [9.17, 15) is 22.6 Å². The molecule has 0 saturated carbocycles. The molecular formula is C10H15NO6S. The average molecular weight is 277 g/mol. The van der Waals surface area contributed by atoms with Gasteiger partial charge in [-0.1, -0.05) is 27.0 Å². The number of carboxylic acids is 1. The van der Waals surface area contributed by atoms with Gasteiger partial charge in [-0.25, -0.2) is 4.79 Å². The first-order valence-corrected chi connectivity index (χ1v) is 6.29. The number of aliphatic carboxylic acids is 1. The molecule has 0 fully saturated rings. The average Bonchev–Trinajstić information content (AvgIpc) is 2.21.